The topological polar surface area (TPSA) is 74.8 Å². The molecule has 7 heteroatoms. The molecule has 126 valence electrons. The highest BCUT2D eigenvalue weighted by Crippen LogP contribution is 2.35. The van der Waals surface area contributed by atoms with Crippen molar-refractivity contribution in [3.63, 3.8) is 0 Å². The van der Waals surface area contributed by atoms with Gasteiger partial charge in [-0.25, -0.2) is 14.4 Å². The summed E-state index contributed by atoms with van der Waals surface area (Å²) in [6.07, 6.45) is 8.24. The summed E-state index contributed by atoms with van der Waals surface area (Å²) in [6, 6.07) is 5.57. The van der Waals surface area contributed by atoms with Crippen LogP contribution in [0.2, 0.25) is 0 Å². The molecule has 1 amide bonds. The monoisotopic (exact) mass is 337 g/mol. The molecule has 1 aliphatic rings. The van der Waals surface area contributed by atoms with E-state index in [-0.39, 0.29) is 11.9 Å². The molecular formula is C18H16FN5O. The molecule has 0 aliphatic carbocycles. The van der Waals surface area contributed by atoms with E-state index in [9.17, 15) is 9.18 Å². The van der Waals surface area contributed by atoms with Gasteiger partial charge in [0.1, 0.15) is 11.5 Å². The highest BCUT2D eigenvalue weighted by molar-refractivity contribution is 5.94. The zero-order valence-corrected chi connectivity index (χ0v) is 13.4. The first-order chi connectivity index (χ1) is 12.2. The van der Waals surface area contributed by atoms with Gasteiger partial charge in [0, 0.05) is 36.9 Å². The van der Waals surface area contributed by atoms with Crippen LogP contribution in [-0.4, -0.2) is 37.3 Å². The van der Waals surface area contributed by atoms with Crippen LogP contribution >= 0.6 is 0 Å². The number of H-pyrrole nitrogens is 1. The van der Waals surface area contributed by atoms with Gasteiger partial charge in [0.05, 0.1) is 11.7 Å². The third-order valence-electron chi connectivity index (χ3n) is 4.35. The van der Waals surface area contributed by atoms with E-state index in [0.29, 0.717) is 29.3 Å². The summed E-state index contributed by atoms with van der Waals surface area (Å²) >= 11 is 0. The second-order valence-corrected chi connectivity index (χ2v) is 5.89. The number of carbonyl (C=O) groups excluding carboxylic acids is 1. The van der Waals surface area contributed by atoms with Gasteiger partial charge in [-0.05, 0) is 31.0 Å². The van der Waals surface area contributed by atoms with Gasteiger partial charge in [0.2, 0.25) is 0 Å². The molecule has 2 aromatic heterocycles. The van der Waals surface area contributed by atoms with Crippen molar-refractivity contribution in [1.82, 2.24) is 24.8 Å². The van der Waals surface area contributed by atoms with Crippen molar-refractivity contribution >= 4 is 5.91 Å². The minimum absolute atomic E-state index is 0.196. The molecule has 0 saturated carbocycles. The van der Waals surface area contributed by atoms with E-state index >= 15 is 0 Å². The lowest BCUT2D eigenvalue weighted by Gasteiger charge is -2.25. The molecule has 1 aromatic carbocycles. The summed E-state index contributed by atoms with van der Waals surface area (Å²) in [4.78, 5) is 30.8. The molecule has 25 heavy (non-hydrogen) atoms. The Hall–Kier alpha value is -3.09. The molecule has 3 heterocycles. The number of carbonyl (C=O) groups is 1. The summed E-state index contributed by atoms with van der Waals surface area (Å²) in [7, 11) is 0. The van der Waals surface area contributed by atoms with Gasteiger partial charge in [-0.1, -0.05) is 6.07 Å². The van der Waals surface area contributed by atoms with E-state index in [4.69, 9.17) is 0 Å². The van der Waals surface area contributed by atoms with Crippen LogP contribution in [0.5, 0.6) is 0 Å². The van der Waals surface area contributed by atoms with Crippen molar-refractivity contribution in [3.05, 3.63) is 66.1 Å². The van der Waals surface area contributed by atoms with E-state index in [1.807, 2.05) is 0 Å². The lowest BCUT2D eigenvalue weighted by atomic mass is 10.1. The van der Waals surface area contributed by atoms with Crippen molar-refractivity contribution in [2.45, 2.75) is 18.9 Å². The summed E-state index contributed by atoms with van der Waals surface area (Å²) in [5.41, 5.74) is 1.69. The zero-order chi connectivity index (χ0) is 17.2. The second-order valence-electron chi connectivity index (χ2n) is 5.89. The first-order valence-corrected chi connectivity index (χ1v) is 8.11. The standard InChI is InChI=1S/C18H16FN5O/c19-13-4-1-3-12(11-13)18(25)24-10-2-5-14(24)15-16(21-7-6-20-15)17-22-8-9-23-17/h1,3-4,6-9,11,14H,2,5,10H2,(H,22,23)/t14-/m0/s1. The number of aromatic nitrogens is 4. The van der Waals surface area contributed by atoms with E-state index in [1.54, 1.807) is 41.8 Å². The Kier molecular flexibility index (Phi) is 3.97. The number of likely N-dealkylation sites (tertiary alicyclic amines) is 1. The Bertz CT molecular complexity index is 896. The van der Waals surface area contributed by atoms with Crippen LogP contribution in [0.4, 0.5) is 4.39 Å². The first kappa shape index (κ1) is 15.4. The van der Waals surface area contributed by atoms with Crippen LogP contribution in [0.25, 0.3) is 11.5 Å². The quantitative estimate of drug-likeness (QED) is 0.797. The van der Waals surface area contributed by atoms with Crippen LogP contribution in [0, 0.1) is 5.82 Å². The summed E-state index contributed by atoms with van der Waals surface area (Å²) in [6.45, 7) is 0.605. The number of hydrogen-bond donors (Lipinski definition) is 1. The molecule has 0 bridgehead atoms. The average Bonchev–Trinajstić information content (AvgIpc) is 3.33. The highest BCUT2D eigenvalue weighted by Gasteiger charge is 2.34. The third-order valence-corrected chi connectivity index (χ3v) is 4.35. The first-order valence-electron chi connectivity index (χ1n) is 8.11. The molecular weight excluding hydrogens is 321 g/mol. The predicted octanol–water partition coefficient (Wildman–Crippen LogP) is 2.98. The van der Waals surface area contributed by atoms with Gasteiger partial charge < -0.3 is 9.88 Å². The fraction of sp³-hybridized carbons (Fsp3) is 0.222. The number of rotatable bonds is 3. The van der Waals surface area contributed by atoms with E-state index in [2.05, 4.69) is 19.9 Å². The molecule has 0 unspecified atom stereocenters. The van der Waals surface area contributed by atoms with Gasteiger partial charge in [0.25, 0.3) is 5.91 Å². The van der Waals surface area contributed by atoms with Gasteiger partial charge in [-0.2, -0.15) is 0 Å². The number of imidazole rings is 1. The lowest BCUT2D eigenvalue weighted by molar-refractivity contribution is 0.0732. The smallest absolute Gasteiger partial charge is 0.254 e. The maximum Gasteiger partial charge on any atom is 0.254 e. The van der Waals surface area contributed by atoms with Crippen LogP contribution in [-0.2, 0) is 0 Å². The summed E-state index contributed by atoms with van der Waals surface area (Å²) in [5, 5.41) is 0. The maximum atomic E-state index is 13.5. The van der Waals surface area contributed by atoms with E-state index < -0.39 is 5.82 Å². The summed E-state index contributed by atoms with van der Waals surface area (Å²) in [5.74, 6) is 0.00331. The van der Waals surface area contributed by atoms with Gasteiger partial charge >= 0.3 is 0 Å². The summed E-state index contributed by atoms with van der Waals surface area (Å²) < 4.78 is 13.5. The zero-order valence-electron chi connectivity index (χ0n) is 13.4. The largest absolute Gasteiger partial charge is 0.343 e. The molecule has 4 rings (SSSR count). The predicted molar refractivity (Wildman–Crippen MR) is 89.0 cm³/mol. The average molecular weight is 337 g/mol. The van der Waals surface area contributed by atoms with Crippen molar-refractivity contribution in [2.75, 3.05) is 6.54 Å². The van der Waals surface area contributed by atoms with E-state index in [1.165, 1.54) is 12.1 Å². The molecule has 6 nitrogen and oxygen atoms in total. The minimum Gasteiger partial charge on any atom is -0.343 e. The fourth-order valence-corrected chi connectivity index (χ4v) is 3.25. The number of halogens is 1. The fourth-order valence-electron chi connectivity index (χ4n) is 3.25. The highest BCUT2D eigenvalue weighted by atomic mass is 19.1. The molecule has 1 N–H and O–H groups in total. The van der Waals surface area contributed by atoms with Gasteiger partial charge in [-0.15, -0.1) is 0 Å². The number of aromatic amines is 1. The second kappa shape index (κ2) is 6.43. The molecule has 0 radical (unpaired) electrons. The Morgan fingerprint density at radius 1 is 1.20 bits per heavy atom. The Balaban J connectivity index is 1.70. The molecule has 1 saturated heterocycles. The van der Waals surface area contributed by atoms with Crippen molar-refractivity contribution in [1.29, 1.82) is 0 Å². The Morgan fingerprint density at radius 2 is 2.08 bits per heavy atom. The number of benzene rings is 1. The number of nitrogens with one attached hydrogen (secondary N) is 1. The van der Waals surface area contributed by atoms with E-state index in [0.717, 1.165) is 12.8 Å². The lowest BCUT2D eigenvalue weighted by Crippen LogP contribution is -2.31. The molecule has 1 fully saturated rings. The Morgan fingerprint density at radius 3 is 2.88 bits per heavy atom. The van der Waals surface area contributed by atoms with Gasteiger partial charge in [-0.3, -0.25) is 9.78 Å². The van der Waals surface area contributed by atoms with Crippen LogP contribution in [0.1, 0.15) is 34.9 Å². The molecule has 1 aliphatic heterocycles. The number of amides is 1. The van der Waals surface area contributed by atoms with Crippen molar-refractivity contribution in [2.24, 2.45) is 0 Å². The van der Waals surface area contributed by atoms with Crippen LogP contribution < -0.4 is 0 Å². The van der Waals surface area contributed by atoms with Crippen molar-refractivity contribution < 1.29 is 9.18 Å². The minimum atomic E-state index is -0.419. The molecule has 0 spiro atoms. The SMILES string of the molecule is O=C(c1cccc(F)c1)N1CCC[C@H]1c1nccnc1-c1ncc[nH]1. The molecule has 1 atom stereocenters. The number of nitrogens with zero attached hydrogens (tertiary/aromatic N) is 4. The van der Waals surface area contributed by atoms with Crippen LogP contribution in [0.15, 0.2) is 49.1 Å². The Labute approximate surface area is 143 Å². The normalized spacial score (nSPS) is 17.0. The number of hydrogen-bond acceptors (Lipinski definition) is 4. The molecule has 3 aromatic rings. The third kappa shape index (κ3) is 2.88. The van der Waals surface area contributed by atoms with Gasteiger partial charge in [0.15, 0.2) is 5.82 Å². The maximum absolute atomic E-state index is 13.5. The van der Waals surface area contributed by atoms with Crippen molar-refractivity contribution in [3.8, 4) is 11.5 Å². The van der Waals surface area contributed by atoms with Crippen LogP contribution in [0.3, 0.4) is 0 Å².